The molecule has 0 aromatic heterocycles. The average Bonchev–Trinajstić information content (AvgIpc) is 3.15. The van der Waals surface area contributed by atoms with E-state index in [1.165, 1.54) is 5.56 Å². The van der Waals surface area contributed by atoms with E-state index in [1.807, 2.05) is 19.1 Å². The number of hydrogen-bond donors (Lipinski definition) is 2. The van der Waals surface area contributed by atoms with Crippen LogP contribution in [0.3, 0.4) is 0 Å². The molecule has 1 aromatic rings. The monoisotopic (exact) mass is 401 g/mol. The van der Waals surface area contributed by atoms with Crippen LogP contribution in [0.1, 0.15) is 56.5 Å². The second kappa shape index (κ2) is 9.37. The van der Waals surface area contributed by atoms with E-state index in [1.54, 1.807) is 0 Å². The first-order valence-corrected chi connectivity index (χ1v) is 10.8. The van der Waals surface area contributed by atoms with Crippen LogP contribution in [-0.4, -0.2) is 55.5 Å². The SMILES string of the molecule is CCOC(=O)C1NNCC1CN1CCCC(C(=O)c2ccc(C(C)(C)C)cc2)C1. The van der Waals surface area contributed by atoms with Gasteiger partial charge in [-0.3, -0.25) is 15.0 Å². The first-order chi connectivity index (χ1) is 13.8. The number of hydrogen-bond acceptors (Lipinski definition) is 6. The van der Waals surface area contributed by atoms with E-state index >= 15 is 0 Å². The van der Waals surface area contributed by atoms with E-state index in [-0.39, 0.29) is 35.0 Å². The third-order valence-corrected chi connectivity index (χ3v) is 6.04. The molecule has 3 atom stereocenters. The predicted octanol–water partition coefficient (Wildman–Crippen LogP) is 2.53. The molecule has 6 nitrogen and oxygen atoms in total. The summed E-state index contributed by atoms with van der Waals surface area (Å²) in [7, 11) is 0. The van der Waals surface area contributed by atoms with Crippen molar-refractivity contribution in [2.24, 2.45) is 11.8 Å². The second-order valence-electron chi connectivity index (χ2n) is 9.31. The number of carbonyl (C=O) groups is 2. The average molecular weight is 402 g/mol. The first-order valence-electron chi connectivity index (χ1n) is 10.8. The number of likely N-dealkylation sites (tertiary alicyclic amines) is 1. The molecule has 160 valence electrons. The smallest absolute Gasteiger partial charge is 0.324 e. The Hall–Kier alpha value is -1.76. The predicted molar refractivity (Wildman–Crippen MR) is 114 cm³/mol. The molecule has 2 saturated heterocycles. The summed E-state index contributed by atoms with van der Waals surface area (Å²) in [5.74, 6) is 0.201. The summed E-state index contributed by atoms with van der Waals surface area (Å²) >= 11 is 0. The highest BCUT2D eigenvalue weighted by Crippen LogP contribution is 2.26. The summed E-state index contributed by atoms with van der Waals surface area (Å²) in [5, 5.41) is 0. The molecule has 29 heavy (non-hydrogen) atoms. The number of rotatable bonds is 6. The number of ketones is 1. The summed E-state index contributed by atoms with van der Waals surface area (Å²) < 4.78 is 5.18. The topological polar surface area (TPSA) is 70.7 Å². The van der Waals surface area contributed by atoms with Crippen molar-refractivity contribution in [1.82, 2.24) is 15.8 Å². The maximum absolute atomic E-state index is 13.1. The Kier molecular flexibility index (Phi) is 7.09. The Morgan fingerprint density at radius 3 is 2.59 bits per heavy atom. The second-order valence-corrected chi connectivity index (χ2v) is 9.31. The highest BCUT2D eigenvalue weighted by molar-refractivity contribution is 5.98. The molecule has 1 aromatic carbocycles. The van der Waals surface area contributed by atoms with E-state index in [4.69, 9.17) is 4.74 Å². The number of Topliss-reactive ketones (excluding diaryl/α,β-unsaturated/α-hetero) is 1. The quantitative estimate of drug-likeness (QED) is 0.564. The van der Waals surface area contributed by atoms with Crippen molar-refractivity contribution >= 4 is 11.8 Å². The van der Waals surface area contributed by atoms with Gasteiger partial charge in [0.1, 0.15) is 6.04 Å². The lowest BCUT2D eigenvalue weighted by Crippen LogP contribution is -2.46. The fraction of sp³-hybridized carbons (Fsp3) is 0.652. The van der Waals surface area contributed by atoms with Crippen molar-refractivity contribution in [3.8, 4) is 0 Å². The summed E-state index contributed by atoms with van der Waals surface area (Å²) in [5.41, 5.74) is 8.25. The summed E-state index contributed by atoms with van der Waals surface area (Å²) in [4.78, 5) is 27.6. The van der Waals surface area contributed by atoms with Crippen LogP contribution in [0.5, 0.6) is 0 Å². The number of nitrogens with one attached hydrogen (secondary N) is 2. The van der Waals surface area contributed by atoms with E-state index < -0.39 is 0 Å². The summed E-state index contributed by atoms with van der Waals surface area (Å²) in [6.45, 7) is 12.0. The van der Waals surface area contributed by atoms with E-state index in [9.17, 15) is 9.59 Å². The van der Waals surface area contributed by atoms with Gasteiger partial charge in [-0.15, -0.1) is 0 Å². The molecule has 0 amide bonds. The zero-order valence-corrected chi connectivity index (χ0v) is 18.2. The van der Waals surface area contributed by atoms with Gasteiger partial charge in [0.05, 0.1) is 6.61 Å². The molecule has 0 bridgehead atoms. The Labute approximate surface area is 174 Å². The standard InChI is InChI=1S/C23H35N3O3/c1-5-29-22(28)20-18(13-24-25-20)15-26-12-6-7-17(14-26)21(27)16-8-10-19(11-9-16)23(2,3)4/h8-11,17-18,20,24-25H,5-7,12-15H2,1-4H3. The lowest BCUT2D eigenvalue weighted by atomic mass is 9.84. The lowest BCUT2D eigenvalue weighted by molar-refractivity contribution is -0.146. The van der Waals surface area contributed by atoms with E-state index in [0.29, 0.717) is 6.61 Å². The van der Waals surface area contributed by atoms with Crippen LogP contribution < -0.4 is 10.9 Å². The third-order valence-electron chi connectivity index (χ3n) is 6.04. The van der Waals surface area contributed by atoms with Crippen molar-refractivity contribution in [1.29, 1.82) is 0 Å². The van der Waals surface area contributed by atoms with Gasteiger partial charge >= 0.3 is 5.97 Å². The fourth-order valence-corrected chi connectivity index (χ4v) is 4.33. The molecule has 0 aliphatic carbocycles. The number of benzene rings is 1. The molecular formula is C23H35N3O3. The number of nitrogens with zero attached hydrogens (tertiary/aromatic N) is 1. The van der Waals surface area contributed by atoms with Crippen LogP contribution in [0, 0.1) is 11.8 Å². The molecule has 2 heterocycles. The van der Waals surface area contributed by atoms with Crippen LogP contribution in [0.2, 0.25) is 0 Å². The van der Waals surface area contributed by atoms with Crippen molar-refractivity contribution in [3.05, 3.63) is 35.4 Å². The third kappa shape index (κ3) is 5.44. The largest absolute Gasteiger partial charge is 0.465 e. The number of ether oxygens (including phenoxy) is 1. The first kappa shape index (κ1) is 21.9. The minimum atomic E-state index is -0.323. The number of hydrazine groups is 1. The van der Waals surface area contributed by atoms with Crippen molar-refractivity contribution in [2.75, 3.05) is 32.8 Å². The molecule has 3 rings (SSSR count). The van der Waals surface area contributed by atoms with Crippen LogP contribution in [-0.2, 0) is 14.9 Å². The van der Waals surface area contributed by atoms with Gasteiger partial charge in [0.15, 0.2) is 5.78 Å². The van der Waals surface area contributed by atoms with Crippen molar-refractivity contribution in [2.45, 2.75) is 52.0 Å². The maximum Gasteiger partial charge on any atom is 0.324 e. The lowest BCUT2D eigenvalue weighted by Gasteiger charge is -2.34. The minimum absolute atomic E-state index is 0.0209. The number of esters is 1. The molecule has 2 aliphatic rings. The molecule has 2 N–H and O–H groups in total. The van der Waals surface area contributed by atoms with E-state index in [2.05, 4.69) is 48.7 Å². The zero-order chi connectivity index (χ0) is 21.0. The zero-order valence-electron chi connectivity index (χ0n) is 18.2. The highest BCUT2D eigenvalue weighted by Gasteiger charge is 2.36. The maximum atomic E-state index is 13.1. The van der Waals surface area contributed by atoms with Gasteiger partial charge < -0.3 is 9.64 Å². The van der Waals surface area contributed by atoms with Crippen molar-refractivity contribution < 1.29 is 14.3 Å². The highest BCUT2D eigenvalue weighted by atomic mass is 16.5. The molecular weight excluding hydrogens is 366 g/mol. The molecule has 2 aliphatic heterocycles. The Morgan fingerprint density at radius 2 is 1.93 bits per heavy atom. The number of piperidine rings is 1. The Balaban J connectivity index is 1.60. The Bertz CT molecular complexity index is 711. The van der Waals surface area contributed by atoms with Gasteiger partial charge in [0, 0.05) is 37.0 Å². The fourth-order valence-electron chi connectivity index (χ4n) is 4.33. The molecule has 2 fully saturated rings. The Morgan fingerprint density at radius 1 is 1.21 bits per heavy atom. The normalized spacial score (nSPS) is 25.7. The van der Waals surface area contributed by atoms with Crippen LogP contribution in [0.4, 0.5) is 0 Å². The van der Waals surface area contributed by atoms with Crippen LogP contribution in [0.25, 0.3) is 0 Å². The number of carbonyl (C=O) groups excluding carboxylic acids is 2. The van der Waals surface area contributed by atoms with Crippen molar-refractivity contribution in [3.63, 3.8) is 0 Å². The summed E-state index contributed by atoms with van der Waals surface area (Å²) in [6.07, 6.45) is 1.94. The van der Waals surface area contributed by atoms with Gasteiger partial charge in [-0.25, -0.2) is 5.43 Å². The molecule has 0 saturated carbocycles. The summed E-state index contributed by atoms with van der Waals surface area (Å²) in [6, 6.07) is 7.78. The van der Waals surface area contributed by atoms with Gasteiger partial charge in [-0.05, 0) is 37.3 Å². The minimum Gasteiger partial charge on any atom is -0.465 e. The van der Waals surface area contributed by atoms with Gasteiger partial charge in [-0.1, -0.05) is 45.0 Å². The van der Waals surface area contributed by atoms with E-state index in [0.717, 1.165) is 44.6 Å². The molecule has 3 unspecified atom stereocenters. The van der Waals surface area contributed by atoms with Crippen LogP contribution in [0.15, 0.2) is 24.3 Å². The molecule has 6 heteroatoms. The van der Waals surface area contributed by atoms with Crippen LogP contribution >= 0.6 is 0 Å². The van der Waals surface area contributed by atoms with Gasteiger partial charge in [0.25, 0.3) is 0 Å². The molecule has 0 spiro atoms. The van der Waals surface area contributed by atoms with Gasteiger partial charge in [-0.2, -0.15) is 0 Å². The van der Waals surface area contributed by atoms with Gasteiger partial charge in [0.2, 0.25) is 0 Å². The molecule has 0 radical (unpaired) electrons.